The molecule has 8 aromatic carbocycles. The zero-order chi connectivity index (χ0) is 33.9. The molecule has 240 valence electrons. The van der Waals surface area contributed by atoms with Crippen LogP contribution in [0.25, 0.3) is 110 Å². The van der Waals surface area contributed by atoms with Gasteiger partial charge in [0.25, 0.3) is 0 Å². The van der Waals surface area contributed by atoms with Crippen molar-refractivity contribution in [1.29, 1.82) is 0 Å². The first-order valence-corrected chi connectivity index (χ1v) is 17.8. The van der Waals surface area contributed by atoms with Gasteiger partial charge < -0.3 is 8.97 Å². The SMILES string of the molecule is c1ccc(-c2nc3ccccc3nc2-c2cccc(-n3c4ccccc4c4c5ccccc5c5c6cccc7c8ccccc8n(c76)c5c43)c2)cc1. The Kier molecular flexibility index (Phi) is 5.47. The van der Waals surface area contributed by atoms with Crippen LogP contribution in [-0.2, 0) is 0 Å². The number of benzene rings is 8. The standard InChI is InChI=1S/C48H28N4/c1-2-14-29(15-3-1)44-45(50-39-25-9-8-24-38(39)49-44)30-16-12-17-31(28-30)51-41-27-11-7-21-36(41)42-33-19-4-5-20-34(33)43-37-23-13-22-35-32-18-6-10-26-40(32)52(46(35)37)48(43)47(42)51/h1-28H. The molecule has 0 aliphatic rings. The van der Waals surface area contributed by atoms with Gasteiger partial charge in [0, 0.05) is 49.1 Å². The third-order valence-electron chi connectivity index (χ3n) is 11.0. The van der Waals surface area contributed by atoms with Gasteiger partial charge in [-0.05, 0) is 47.2 Å². The summed E-state index contributed by atoms with van der Waals surface area (Å²) < 4.78 is 5.02. The van der Waals surface area contributed by atoms with E-state index in [2.05, 4.69) is 148 Å². The zero-order valence-electron chi connectivity index (χ0n) is 28.0. The van der Waals surface area contributed by atoms with Crippen LogP contribution in [0.4, 0.5) is 0 Å². The van der Waals surface area contributed by atoms with Gasteiger partial charge in [-0.25, -0.2) is 9.97 Å². The van der Waals surface area contributed by atoms with Gasteiger partial charge in [-0.15, -0.1) is 0 Å². The molecule has 0 fully saturated rings. The van der Waals surface area contributed by atoms with Gasteiger partial charge in [-0.3, -0.25) is 0 Å². The van der Waals surface area contributed by atoms with Crippen LogP contribution in [0.2, 0.25) is 0 Å². The Balaban J connectivity index is 1.26. The lowest BCUT2D eigenvalue weighted by atomic mass is 9.98. The largest absolute Gasteiger partial charge is 0.307 e. The Morgan fingerprint density at radius 3 is 1.65 bits per heavy atom. The molecule has 52 heavy (non-hydrogen) atoms. The lowest BCUT2D eigenvalue weighted by molar-refractivity contribution is 1.18. The summed E-state index contributed by atoms with van der Waals surface area (Å²) in [4.78, 5) is 10.5. The van der Waals surface area contributed by atoms with Gasteiger partial charge in [-0.1, -0.05) is 133 Å². The smallest absolute Gasteiger partial charge is 0.0973 e. The number of rotatable bonds is 3. The van der Waals surface area contributed by atoms with Crippen molar-refractivity contribution < 1.29 is 0 Å². The van der Waals surface area contributed by atoms with Gasteiger partial charge in [0.1, 0.15) is 0 Å². The molecule has 12 rings (SSSR count). The van der Waals surface area contributed by atoms with E-state index in [1.807, 2.05) is 30.3 Å². The minimum absolute atomic E-state index is 0.869. The molecule has 4 nitrogen and oxygen atoms in total. The molecule has 0 unspecified atom stereocenters. The second-order valence-corrected chi connectivity index (χ2v) is 13.7. The highest BCUT2D eigenvalue weighted by Crippen LogP contribution is 2.48. The van der Waals surface area contributed by atoms with Crippen LogP contribution in [-0.4, -0.2) is 18.9 Å². The third kappa shape index (κ3) is 3.60. The Morgan fingerprint density at radius 2 is 0.885 bits per heavy atom. The number of hydrogen-bond donors (Lipinski definition) is 0. The fourth-order valence-electron chi connectivity index (χ4n) is 8.90. The van der Waals surface area contributed by atoms with E-state index in [0.717, 1.165) is 39.2 Å². The normalized spacial score (nSPS) is 12.2. The van der Waals surface area contributed by atoms with Crippen molar-refractivity contribution in [3.63, 3.8) is 0 Å². The predicted molar refractivity (Wildman–Crippen MR) is 217 cm³/mol. The average molecular weight is 661 g/mol. The molecule has 0 saturated carbocycles. The highest BCUT2D eigenvalue weighted by Gasteiger charge is 2.26. The molecule has 0 radical (unpaired) electrons. The maximum absolute atomic E-state index is 5.27. The zero-order valence-corrected chi connectivity index (χ0v) is 28.0. The van der Waals surface area contributed by atoms with Crippen molar-refractivity contribution in [3.05, 3.63) is 170 Å². The van der Waals surface area contributed by atoms with E-state index < -0.39 is 0 Å². The predicted octanol–water partition coefficient (Wildman–Crippen LogP) is 12.4. The molecule has 0 saturated heterocycles. The quantitative estimate of drug-likeness (QED) is 0.189. The molecular formula is C48H28N4. The van der Waals surface area contributed by atoms with E-state index >= 15 is 0 Å². The maximum Gasteiger partial charge on any atom is 0.0973 e. The lowest BCUT2D eigenvalue weighted by Gasteiger charge is -2.14. The molecule has 4 heterocycles. The van der Waals surface area contributed by atoms with Gasteiger partial charge in [0.15, 0.2) is 0 Å². The topological polar surface area (TPSA) is 35.1 Å². The molecule has 0 N–H and O–H groups in total. The van der Waals surface area contributed by atoms with Gasteiger partial charge >= 0.3 is 0 Å². The summed E-state index contributed by atoms with van der Waals surface area (Å²) in [5.41, 5.74) is 12.8. The molecule has 0 atom stereocenters. The Bertz CT molecular complexity index is 3400. The van der Waals surface area contributed by atoms with Crippen molar-refractivity contribution in [3.8, 4) is 28.2 Å². The Morgan fingerprint density at radius 1 is 0.346 bits per heavy atom. The van der Waals surface area contributed by atoms with Crippen molar-refractivity contribution >= 4 is 81.7 Å². The molecule has 4 heteroatoms. The van der Waals surface area contributed by atoms with Crippen LogP contribution >= 0.6 is 0 Å². The second-order valence-electron chi connectivity index (χ2n) is 13.7. The monoisotopic (exact) mass is 660 g/mol. The number of nitrogens with zero attached hydrogens (tertiary/aromatic N) is 4. The summed E-state index contributed by atoms with van der Waals surface area (Å²) in [5.74, 6) is 0. The van der Waals surface area contributed by atoms with Gasteiger partial charge in [0.2, 0.25) is 0 Å². The number of fused-ring (bicyclic) bond motifs is 14. The number of para-hydroxylation sites is 5. The second kappa shape index (κ2) is 10.3. The van der Waals surface area contributed by atoms with Crippen LogP contribution < -0.4 is 0 Å². The first kappa shape index (κ1) is 27.7. The number of aromatic nitrogens is 4. The molecule has 0 amide bonds. The van der Waals surface area contributed by atoms with Crippen LogP contribution in [0, 0.1) is 0 Å². The van der Waals surface area contributed by atoms with E-state index in [0.29, 0.717) is 0 Å². The average Bonchev–Trinajstić information content (AvgIpc) is 3.87. The van der Waals surface area contributed by atoms with E-state index in [4.69, 9.17) is 9.97 Å². The van der Waals surface area contributed by atoms with E-state index in [-0.39, 0.29) is 0 Å². The molecule has 0 spiro atoms. The van der Waals surface area contributed by atoms with E-state index in [1.54, 1.807) is 0 Å². The van der Waals surface area contributed by atoms with Gasteiger partial charge in [-0.2, -0.15) is 0 Å². The van der Waals surface area contributed by atoms with E-state index in [1.165, 1.54) is 70.7 Å². The molecule has 0 aliphatic heterocycles. The first-order chi connectivity index (χ1) is 25.8. The van der Waals surface area contributed by atoms with Gasteiger partial charge in [0.05, 0.1) is 50.0 Å². The fraction of sp³-hybridized carbons (Fsp3) is 0. The van der Waals surface area contributed by atoms with Crippen molar-refractivity contribution in [2.45, 2.75) is 0 Å². The summed E-state index contributed by atoms with van der Waals surface area (Å²) in [5, 5.41) is 10.2. The molecule has 12 aromatic rings. The summed E-state index contributed by atoms with van der Waals surface area (Å²) in [6.07, 6.45) is 0. The van der Waals surface area contributed by atoms with Crippen LogP contribution in [0.1, 0.15) is 0 Å². The highest BCUT2D eigenvalue weighted by molar-refractivity contribution is 6.38. The summed E-state index contributed by atoms with van der Waals surface area (Å²) >= 11 is 0. The lowest BCUT2D eigenvalue weighted by Crippen LogP contribution is -1.99. The fourth-order valence-corrected chi connectivity index (χ4v) is 8.90. The minimum Gasteiger partial charge on any atom is -0.307 e. The Hall–Kier alpha value is -7.04. The number of hydrogen-bond acceptors (Lipinski definition) is 2. The van der Waals surface area contributed by atoms with Crippen LogP contribution in [0.5, 0.6) is 0 Å². The molecule has 0 bridgehead atoms. The van der Waals surface area contributed by atoms with Crippen molar-refractivity contribution in [2.24, 2.45) is 0 Å². The summed E-state index contributed by atoms with van der Waals surface area (Å²) in [7, 11) is 0. The molecular weight excluding hydrogens is 633 g/mol. The van der Waals surface area contributed by atoms with E-state index in [9.17, 15) is 0 Å². The van der Waals surface area contributed by atoms with Crippen molar-refractivity contribution in [1.82, 2.24) is 18.9 Å². The van der Waals surface area contributed by atoms with Crippen molar-refractivity contribution in [2.75, 3.05) is 0 Å². The minimum atomic E-state index is 0.869. The maximum atomic E-state index is 5.27. The van der Waals surface area contributed by atoms with Crippen LogP contribution in [0.15, 0.2) is 170 Å². The summed E-state index contributed by atoms with van der Waals surface area (Å²) in [6.45, 7) is 0. The first-order valence-electron chi connectivity index (χ1n) is 17.8. The Labute approximate surface area is 297 Å². The summed E-state index contributed by atoms with van der Waals surface area (Å²) in [6, 6.07) is 60.9. The molecule has 4 aromatic heterocycles. The highest BCUT2D eigenvalue weighted by atomic mass is 15.0. The van der Waals surface area contributed by atoms with Crippen LogP contribution in [0.3, 0.4) is 0 Å². The third-order valence-corrected chi connectivity index (χ3v) is 11.0. The molecule has 0 aliphatic carbocycles.